The Bertz CT molecular complexity index is 753. The summed E-state index contributed by atoms with van der Waals surface area (Å²) in [5.74, 6) is -0.456. The van der Waals surface area contributed by atoms with Crippen molar-refractivity contribution in [3.63, 3.8) is 0 Å². The monoisotopic (exact) mass is 379 g/mol. The first-order valence-electron chi connectivity index (χ1n) is 7.71. The molecule has 0 unspecified atom stereocenters. The molecule has 2 atom stereocenters. The van der Waals surface area contributed by atoms with E-state index in [1.54, 1.807) is 18.2 Å². The van der Waals surface area contributed by atoms with E-state index < -0.39 is 18.0 Å². The lowest BCUT2D eigenvalue weighted by molar-refractivity contribution is -0.122. The van der Waals surface area contributed by atoms with Crippen molar-refractivity contribution in [2.75, 3.05) is 7.05 Å². The summed E-state index contributed by atoms with van der Waals surface area (Å²) in [6.07, 6.45) is 0. The van der Waals surface area contributed by atoms with Crippen molar-refractivity contribution < 1.29 is 9.59 Å². The molecule has 0 aromatic heterocycles. The van der Waals surface area contributed by atoms with Crippen LogP contribution in [0.1, 0.15) is 30.1 Å². The number of hydrogen-bond acceptors (Lipinski definition) is 3. The van der Waals surface area contributed by atoms with Crippen molar-refractivity contribution in [3.05, 3.63) is 69.7 Å². The molecular formula is C18H19Cl2N3O2. The Morgan fingerprint density at radius 3 is 2.32 bits per heavy atom. The van der Waals surface area contributed by atoms with Gasteiger partial charge in [0.2, 0.25) is 5.91 Å². The predicted octanol–water partition coefficient (Wildman–Crippen LogP) is 3.84. The number of amides is 3. The Morgan fingerprint density at radius 2 is 1.72 bits per heavy atom. The zero-order valence-corrected chi connectivity index (χ0v) is 15.4. The predicted molar refractivity (Wildman–Crippen MR) is 99.8 cm³/mol. The fourth-order valence-electron chi connectivity index (χ4n) is 2.41. The Hall–Kier alpha value is -2.08. The van der Waals surface area contributed by atoms with Gasteiger partial charge in [0.15, 0.2) is 0 Å². The Morgan fingerprint density at radius 1 is 1.04 bits per heavy atom. The molecule has 0 fully saturated rings. The fourth-order valence-corrected chi connectivity index (χ4v) is 2.98. The van der Waals surface area contributed by atoms with E-state index in [-0.39, 0.29) is 6.04 Å². The SMILES string of the molecule is CNC(=O)NC(=O)[C@@H](N[C@H](C)c1ccc(Cl)cc1Cl)c1ccccc1. The van der Waals surface area contributed by atoms with Gasteiger partial charge in [0.05, 0.1) is 0 Å². The Balaban J connectivity index is 2.26. The molecule has 0 saturated carbocycles. The number of benzene rings is 2. The topological polar surface area (TPSA) is 70.2 Å². The summed E-state index contributed by atoms with van der Waals surface area (Å²) in [5.41, 5.74) is 1.54. The second-order valence-electron chi connectivity index (χ2n) is 5.47. The van der Waals surface area contributed by atoms with Gasteiger partial charge in [0.1, 0.15) is 6.04 Å². The third-order valence-corrected chi connectivity index (χ3v) is 4.27. The van der Waals surface area contributed by atoms with E-state index in [1.807, 2.05) is 37.3 Å². The first kappa shape index (κ1) is 19.2. The van der Waals surface area contributed by atoms with Crippen LogP contribution in [0, 0.1) is 0 Å². The van der Waals surface area contributed by atoms with Gasteiger partial charge in [-0.25, -0.2) is 4.79 Å². The Kier molecular flexibility index (Phi) is 6.82. The number of nitrogens with one attached hydrogen (secondary N) is 3. The summed E-state index contributed by atoms with van der Waals surface area (Å²) >= 11 is 12.2. The van der Waals surface area contributed by atoms with Crippen LogP contribution in [-0.4, -0.2) is 19.0 Å². The summed E-state index contributed by atoms with van der Waals surface area (Å²) in [4.78, 5) is 24.0. The van der Waals surface area contributed by atoms with Gasteiger partial charge in [-0.2, -0.15) is 0 Å². The molecule has 25 heavy (non-hydrogen) atoms. The number of rotatable bonds is 5. The fraction of sp³-hybridized carbons (Fsp3) is 0.222. The Labute approximate surface area is 156 Å². The lowest BCUT2D eigenvalue weighted by Crippen LogP contribution is -2.44. The van der Waals surface area contributed by atoms with E-state index in [9.17, 15) is 9.59 Å². The standard InChI is InChI=1S/C18H19Cl2N3O2/c1-11(14-9-8-13(19)10-15(14)20)22-16(12-6-4-3-5-7-12)17(24)23-18(25)21-2/h3-11,16,22H,1-2H3,(H2,21,23,24,25)/t11-,16+/m1/s1. The van der Waals surface area contributed by atoms with Gasteiger partial charge >= 0.3 is 6.03 Å². The van der Waals surface area contributed by atoms with Gasteiger partial charge in [0.25, 0.3) is 0 Å². The number of hydrogen-bond donors (Lipinski definition) is 3. The summed E-state index contributed by atoms with van der Waals surface area (Å²) in [7, 11) is 1.45. The molecule has 2 rings (SSSR count). The molecule has 2 aromatic rings. The van der Waals surface area contributed by atoms with Crippen LogP contribution in [-0.2, 0) is 4.79 Å². The lowest BCUT2D eigenvalue weighted by Gasteiger charge is -2.24. The van der Waals surface area contributed by atoms with E-state index in [0.29, 0.717) is 10.0 Å². The van der Waals surface area contributed by atoms with Gasteiger partial charge in [-0.1, -0.05) is 59.6 Å². The maximum Gasteiger partial charge on any atom is 0.321 e. The summed E-state index contributed by atoms with van der Waals surface area (Å²) in [6, 6.07) is 12.8. The molecule has 0 spiro atoms. The molecule has 0 aliphatic rings. The molecule has 132 valence electrons. The van der Waals surface area contributed by atoms with Crippen LogP contribution in [0.4, 0.5) is 4.79 Å². The normalized spacial score (nSPS) is 13.0. The molecule has 7 heteroatoms. The summed E-state index contributed by atoms with van der Waals surface area (Å²) < 4.78 is 0. The number of halogens is 2. The molecule has 3 N–H and O–H groups in total. The highest BCUT2D eigenvalue weighted by Gasteiger charge is 2.24. The number of urea groups is 1. The van der Waals surface area contributed by atoms with Crippen LogP contribution in [0.3, 0.4) is 0 Å². The number of carbonyl (C=O) groups is 2. The first-order valence-corrected chi connectivity index (χ1v) is 8.46. The van der Waals surface area contributed by atoms with E-state index >= 15 is 0 Å². The van der Waals surface area contributed by atoms with Crippen molar-refractivity contribution in [1.82, 2.24) is 16.0 Å². The zero-order valence-electron chi connectivity index (χ0n) is 13.8. The van der Waals surface area contributed by atoms with Crippen LogP contribution in [0.2, 0.25) is 10.0 Å². The van der Waals surface area contributed by atoms with Gasteiger partial charge in [0, 0.05) is 23.1 Å². The molecule has 2 aromatic carbocycles. The maximum atomic E-state index is 12.5. The quantitative estimate of drug-likeness (QED) is 0.738. The smallest absolute Gasteiger partial charge is 0.321 e. The minimum absolute atomic E-state index is 0.245. The van der Waals surface area contributed by atoms with Crippen LogP contribution < -0.4 is 16.0 Å². The minimum atomic E-state index is -0.722. The highest BCUT2D eigenvalue weighted by atomic mass is 35.5. The van der Waals surface area contributed by atoms with Crippen molar-refractivity contribution in [2.24, 2.45) is 0 Å². The van der Waals surface area contributed by atoms with Crippen molar-refractivity contribution in [1.29, 1.82) is 0 Å². The summed E-state index contributed by atoms with van der Waals surface area (Å²) in [6.45, 7) is 1.89. The molecule has 0 aliphatic carbocycles. The molecule has 0 aliphatic heterocycles. The van der Waals surface area contributed by atoms with Crippen LogP contribution in [0.15, 0.2) is 48.5 Å². The third kappa shape index (κ3) is 5.19. The van der Waals surface area contributed by atoms with Crippen molar-refractivity contribution in [3.8, 4) is 0 Å². The molecule has 0 saturated heterocycles. The van der Waals surface area contributed by atoms with Gasteiger partial charge in [-0.05, 0) is 30.2 Å². The van der Waals surface area contributed by atoms with E-state index in [4.69, 9.17) is 23.2 Å². The third-order valence-electron chi connectivity index (χ3n) is 3.70. The molecule has 0 bridgehead atoms. The van der Waals surface area contributed by atoms with E-state index in [0.717, 1.165) is 11.1 Å². The lowest BCUT2D eigenvalue weighted by atomic mass is 10.0. The van der Waals surface area contributed by atoms with E-state index in [2.05, 4.69) is 16.0 Å². The summed E-state index contributed by atoms with van der Waals surface area (Å²) in [5, 5.41) is 8.94. The second kappa shape index (κ2) is 8.85. The second-order valence-corrected chi connectivity index (χ2v) is 6.31. The average Bonchev–Trinajstić information content (AvgIpc) is 2.59. The van der Waals surface area contributed by atoms with Crippen molar-refractivity contribution >= 4 is 35.1 Å². The van der Waals surface area contributed by atoms with Crippen LogP contribution in [0.25, 0.3) is 0 Å². The maximum absolute atomic E-state index is 12.5. The van der Waals surface area contributed by atoms with E-state index in [1.165, 1.54) is 7.05 Å². The van der Waals surface area contributed by atoms with Crippen molar-refractivity contribution in [2.45, 2.75) is 19.0 Å². The minimum Gasteiger partial charge on any atom is -0.341 e. The number of carbonyl (C=O) groups excluding carboxylic acids is 2. The average molecular weight is 380 g/mol. The molecular weight excluding hydrogens is 361 g/mol. The van der Waals surface area contributed by atoms with Gasteiger partial charge in [-0.15, -0.1) is 0 Å². The largest absolute Gasteiger partial charge is 0.341 e. The molecule has 3 amide bonds. The molecule has 0 heterocycles. The molecule has 5 nitrogen and oxygen atoms in total. The van der Waals surface area contributed by atoms with Crippen LogP contribution in [0.5, 0.6) is 0 Å². The number of imide groups is 1. The highest BCUT2D eigenvalue weighted by molar-refractivity contribution is 6.35. The van der Waals surface area contributed by atoms with Gasteiger partial charge in [-0.3, -0.25) is 15.4 Å². The first-order chi connectivity index (χ1) is 11.9. The highest BCUT2D eigenvalue weighted by Crippen LogP contribution is 2.28. The van der Waals surface area contributed by atoms with Gasteiger partial charge < -0.3 is 5.32 Å². The van der Waals surface area contributed by atoms with Crippen LogP contribution >= 0.6 is 23.2 Å². The molecule has 0 radical (unpaired) electrons. The zero-order chi connectivity index (χ0) is 18.4.